The van der Waals surface area contributed by atoms with Crippen LogP contribution < -0.4 is 9.64 Å². The summed E-state index contributed by atoms with van der Waals surface area (Å²) in [5.41, 5.74) is 0.324. The van der Waals surface area contributed by atoms with Crippen molar-refractivity contribution < 1.29 is 33.3 Å². The Morgan fingerprint density at radius 2 is 1.76 bits per heavy atom. The molecule has 10 heteroatoms. The molecule has 1 atom stereocenters. The van der Waals surface area contributed by atoms with Crippen molar-refractivity contribution in [3.63, 3.8) is 0 Å². The number of aromatic nitrogens is 1. The second-order valence-electron chi connectivity index (χ2n) is 9.22. The van der Waals surface area contributed by atoms with E-state index >= 15 is 0 Å². The molecule has 0 aliphatic carbocycles. The number of phenols is 1. The Balaban J connectivity index is 1.64. The van der Waals surface area contributed by atoms with Crippen molar-refractivity contribution in [1.29, 1.82) is 0 Å². The van der Waals surface area contributed by atoms with Crippen molar-refractivity contribution in [3.05, 3.63) is 89.0 Å². The highest BCUT2D eigenvalue weighted by Crippen LogP contribution is 2.45. The molecular formula is C28H22F2N2O5S. The smallest absolute Gasteiger partial charge is 0.301 e. The highest BCUT2D eigenvalue weighted by Gasteiger charge is 2.48. The highest BCUT2D eigenvalue weighted by molar-refractivity contribution is 7.22. The van der Waals surface area contributed by atoms with Gasteiger partial charge in [0.05, 0.1) is 22.9 Å². The number of ketones is 1. The number of thiazole rings is 1. The van der Waals surface area contributed by atoms with Crippen molar-refractivity contribution >= 4 is 44.1 Å². The predicted molar refractivity (Wildman–Crippen MR) is 139 cm³/mol. The molecule has 1 aliphatic heterocycles. The van der Waals surface area contributed by atoms with E-state index in [-0.39, 0.29) is 32.2 Å². The number of nitrogens with zero attached hydrogens (tertiary/aromatic N) is 2. The van der Waals surface area contributed by atoms with Crippen molar-refractivity contribution in [1.82, 2.24) is 4.98 Å². The second-order valence-corrected chi connectivity index (χ2v) is 10.2. The van der Waals surface area contributed by atoms with Crippen LogP contribution in [-0.4, -0.2) is 33.5 Å². The first kappa shape index (κ1) is 25.3. The van der Waals surface area contributed by atoms with Gasteiger partial charge in [0.1, 0.15) is 28.6 Å². The summed E-state index contributed by atoms with van der Waals surface area (Å²) in [4.78, 5) is 31.8. The molecule has 194 valence electrons. The number of benzene rings is 3. The third kappa shape index (κ3) is 4.58. The van der Waals surface area contributed by atoms with E-state index in [0.29, 0.717) is 29.9 Å². The molecule has 1 amide bonds. The molecule has 0 bridgehead atoms. The standard InChI is InChI=1S/C28H22F2N2O5S/c1-14(2)13-37-19-9-5-16(6-10-19)25(34)22-24(15-3-7-18(33)8-4-15)32(27(36)26(22)35)28-31-23-20(30)11-17(29)12-21(23)38-28/h3-12,14,24,33-34H,13H2,1-2H3/b25-22+. The molecule has 38 heavy (non-hydrogen) atoms. The topological polar surface area (TPSA) is 100.0 Å². The molecular weight excluding hydrogens is 514 g/mol. The number of hydrogen-bond donors (Lipinski definition) is 2. The van der Waals surface area contributed by atoms with Crippen molar-refractivity contribution in [2.24, 2.45) is 5.92 Å². The van der Waals surface area contributed by atoms with Gasteiger partial charge < -0.3 is 14.9 Å². The Kier molecular flexibility index (Phi) is 6.58. The van der Waals surface area contributed by atoms with Crippen molar-refractivity contribution in [2.45, 2.75) is 19.9 Å². The van der Waals surface area contributed by atoms with E-state index in [2.05, 4.69) is 4.98 Å². The van der Waals surface area contributed by atoms with Crippen LogP contribution in [0, 0.1) is 17.6 Å². The number of carbonyl (C=O) groups excluding carboxylic acids is 2. The molecule has 1 aliphatic rings. The van der Waals surface area contributed by atoms with Crippen LogP contribution in [0.3, 0.4) is 0 Å². The molecule has 1 aromatic heterocycles. The first-order chi connectivity index (χ1) is 18.1. The van der Waals surface area contributed by atoms with Gasteiger partial charge in [0.2, 0.25) is 0 Å². The van der Waals surface area contributed by atoms with Crippen molar-refractivity contribution in [3.8, 4) is 11.5 Å². The number of anilines is 1. The van der Waals surface area contributed by atoms with Crippen LogP contribution in [0.2, 0.25) is 0 Å². The zero-order valence-corrected chi connectivity index (χ0v) is 21.1. The minimum absolute atomic E-state index is 0.0406. The van der Waals surface area contributed by atoms with E-state index in [1.54, 1.807) is 24.3 Å². The number of amides is 1. The molecule has 5 rings (SSSR count). The predicted octanol–water partition coefficient (Wildman–Crippen LogP) is 5.94. The number of carbonyl (C=O) groups is 2. The number of phenolic OH excluding ortho intramolecular Hbond substituents is 1. The highest BCUT2D eigenvalue weighted by atomic mass is 32.1. The van der Waals surface area contributed by atoms with E-state index < -0.39 is 35.1 Å². The SMILES string of the molecule is CC(C)COc1ccc(/C(O)=C2\C(=O)C(=O)N(c3nc4c(F)cc(F)cc4s3)C2c2ccc(O)cc2)cc1. The largest absolute Gasteiger partial charge is 0.508 e. The lowest BCUT2D eigenvalue weighted by Gasteiger charge is -2.23. The monoisotopic (exact) mass is 536 g/mol. The van der Waals surface area contributed by atoms with E-state index in [0.717, 1.165) is 22.3 Å². The maximum Gasteiger partial charge on any atom is 0.301 e. The number of fused-ring (bicyclic) bond motifs is 1. The van der Waals surface area contributed by atoms with Crippen LogP contribution in [0.4, 0.5) is 13.9 Å². The summed E-state index contributed by atoms with van der Waals surface area (Å²) in [5.74, 6) is -3.22. The number of halogens is 2. The van der Waals surface area contributed by atoms with Crippen LogP contribution in [0.1, 0.15) is 31.0 Å². The quantitative estimate of drug-likeness (QED) is 0.180. The number of Topliss-reactive ketones (excluding diaryl/α,β-unsaturated/α-hetero) is 1. The zero-order chi connectivity index (χ0) is 27.1. The van der Waals surface area contributed by atoms with Gasteiger partial charge in [-0.3, -0.25) is 14.5 Å². The minimum Gasteiger partial charge on any atom is -0.508 e. The van der Waals surface area contributed by atoms with E-state index in [1.165, 1.54) is 24.3 Å². The Hall–Kier alpha value is -4.31. The van der Waals surface area contributed by atoms with Gasteiger partial charge in [-0.15, -0.1) is 0 Å². The summed E-state index contributed by atoms with van der Waals surface area (Å²) in [6, 6.07) is 12.8. The van der Waals surface area contributed by atoms with E-state index in [1.807, 2.05) is 13.8 Å². The zero-order valence-electron chi connectivity index (χ0n) is 20.3. The van der Waals surface area contributed by atoms with Crippen molar-refractivity contribution in [2.75, 3.05) is 11.5 Å². The number of aliphatic hydroxyl groups is 1. The number of hydrogen-bond acceptors (Lipinski definition) is 7. The molecule has 1 unspecified atom stereocenters. The molecule has 0 radical (unpaired) electrons. The molecule has 0 spiro atoms. The Bertz CT molecular complexity index is 1580. The van der Waals surface area contributed by atoms with E-state index in [4.69, 9.17) is 4.74 Å². The summed E-state index contributed by atoms with van der Waals surface area (Å²) in [7, 11) is 0. The number of ether oxygens (including phenoxy) is 1. The Morgan fingerprint density at radius 1 is 1.08 bits per heavy atom. The van der Waals surface area contributed by atoms with Crippen LogP contribution in [0.25, 0.3) is 16.0 Å². The number of aromatic hydroxyl groups is 1. The normalized spacial score (nSPS) is 17.1. The molecule has 0 saturated carbocycles. The van der Waals surface area contributed by atoms with Gasteiger partial charge in [0, 0.05) is 11.6 Å². The van der Waals surface area contributed by atoms with Crippen LogP contribution in [-0.2, 0) is 9.59 Å². The fourth-order valence-corrected chi connectivity index (χ4v) is 5.21. The third-order valence-electron chi connectivity index (χ3n) is 5.97. The Morgan fingerprint density at radius 3 is 2.42 bits per heavy atom. The summed E-state index contributed by atoms with van der Waals surface area (Å²) in [6.07, 6.45) is 0. The maximum atomic E-state index is 14.4. The van der Waals surface area contributed by atoms with Gasteiger partial charge in [-0.2, -0.15) is 0 Å². The van der Waals surface area contributed by atoms with Gasteiger partial charge in [0.25, 0.3) is 5.78 Å². The first-order valence-electron chi connectivity index (χ1n) is 11.7. The van der Waals surface area contributed by atoms with Gasteiger partial charge in [-0.25, -0.2) is 13.8 Å². The second kappa shape index (κ2) is 9.86. The molecule has 4 aromatic rings. The average Bonchev–Trinajstić information content (AvgIpc) is 3.41. The van der Waals surface area contributed by atoms with Crippen LogP contribution in [0.15, 0.2) is 66.2 Å². The minimum atomic E-state index is -1.14. The van der Waals surface area contributed by atoms with Crippen LogP contribution in [0.5, 0.6) is 11.5 Å². The first-order valence-corrected chi connectivity index (χ1v) is 12.5. The fraction of sp³-hybridized carbons (Fsp3) is 0.179. The lowest BCUT2D eigenvalue weighted by atomic mass is 9.95. The van der Waals surface area contributed by atoms with Crippen LogP contribution >= 0.6 is 11.3 Å². The molecule has 7 nitrogen and oxygen atoms in total. The number of rotatable bonds is 6. The maximum absolute atomic E-state index is 14.4. The lowest BCUT2D eigenvalue weighted by Crippen LogP contribution is -2.29. The van der Waals surface area contributed by atoms with Gasteiger partial charge in [-0.05, 0) is 53.9 Å². The molecule has 2 heterocycles. The van der Waals surface area contributed by atoms with Gasteiger partial charge in [-0.1, -0.05) is 37.3 Å². The van der Waals surface area contributed by atoms with E-state index in [9.17, 15) is 28.6 Å². The molecule has 3 aromatic carbocycles. The summed E-state index contributed by atoms with van der Waals surface area (Å²) in [6.45, 7) is 4.53. The average molecular weight is 537 g/mol. The fourth-order valence-electron chi connectivity index (χ4n) is 4.18. The molecule has 1 saturated heterocycles. The summed E-state index contributed by atoms with van der Waals surface area (Å²) >= 11 is 0.841. The molecule has 2 N–H and O–H groups in total. The third-order valence-corrected chi connectivity index (χ3v) is 6.97. The van der Waals surface area contributed by atoms with Gasteiger partial charge in [0.15, 0.2) is 10.9 Å². The molecule has 1 fully saturated rings. The number of aliphatic hydroxyl groups excluding tert-OH is 1. The summed E-state index contributed by atoms with van der Waals surface area (Å²) < 4.78 is 34.0. The lowest BCUT2D eigenvalue weighted by molar-refractivity contribution is -0.132. The Labute approximate surface area is 220 Å². The van der Waals surface area contributed by atoms with Gasteiger partial charge >= 0.3 is 5.91 Å². The summed E-state index contributed by atoms with van der Waals surface area (Å²) in [5, 5.41) is 21.0.